The summed E-state index contributed by atoms with van der Waals surface area (Å²) in [7, 11) is 1.72. The Morgan fingerprint density at radius 2 is 2.35 bits per heavy atom. The molecule has 1 aromatic heterocycles. The van der Waals surface area contributed by atoms with Crippen molar-refractivity contribution < 1.29 is 4.74 Å². The summed E-state index contributed by atoms with van der Waals surface area (Å²) in [5, 5.41) is 7.62. The van der Waals surface area contributed by atoms with Crippen LogP contribution in [0, 0.1) is 0 Å². The minimum atomic E-state index is 0.755. The molecule has 1 rings (SSSR count). The van der Waals surface area contributed by atoms with E-state index in [1.54, 1.807) is 7.11 Å². The number of nitrogens with zero attached hydrogens (tertiary/aromatic N) is 2. The number of aromatic nitrogens is 2. The number of rotatable bonds is 8. The normalized spacial score (nSPS) is 12.1. The molecular formula is C13H23N3O. The first-order valence-electron chi connectivity index (χ1n) is 6.21. The topological polar surface area (TPSA) is 39.1 Å². The third-order valence-corrected chi connectivity index (χ3v) is 2.64. The van der Waals surface area contributed by atoms with Crippen molar-refractivity contribution in [2.24, 2.45) is 0 Å². The minimum absolute atomic E-state index is 0.755. The highest BCUT2D eigenvalue weighted by Gasteiger charge is 1.98. The Hall–Kier alpha value is -1.13. The molecule has 0 radical (unpaired) electrons. The van der Waals surface area contributed by atoms with Crippen molar-refractivity contribution in [1.29, 1.82) is 0 Å². The van der Waals surface area contributed by atoms with E-state index in [-0.39, 0.29) is 0 Å². The second-order valence-corrected chi connectivity index (χ2v) is 3.96. The van der Waals surface area contributed by atoms with Gasteiger partial charge in [-0.1, -0.05) is 18.6 Å². The minimum Gasteiger partial charge on any atom is -0.383 e. The maximum Gasteiger partial charge on any atom is 0.0587 e. The summed E-state index contributed by atoms with van der Waals surface area (Å²) in [6, 6.07) is 0. The van der Waals surface area contributed by atoms with Crippen molar-refractivity contribution in [3.05, 3.63) is 23.5 Å². The van der Waals surface area contributed by atoms with Crippen LogP contribution in [0.3, 0.4) is 0 Å². The molecule has 4 heteroatoms. The maximum atomic E-state index is 5.00. The predicted octanol–water partition coefficient (Wildman–Crippen LogP) is 1.93. The van der Waals surface area contributed by atoms with Gasteiger partial charge in [-0.05, 0) is 13.3 Å². The summed E-state index contributed by atoms with van der Waals surface area (Å²) >= 11 is 0. The summed E-state index contributed by atoms with van der Waals surface area (Å²) < 4.78 is 6.94. The van der Waals surface area contributed by atoms with Crippen molar-refractivity contribution in [2.75, 3.05) is 26.8 Å². The van der Waals surface area contributed by atoms with Gasteiger partial charge in [0, 0.05) is 38.5 Å². The average Bonchev–Trinajstić information content (AvgIpc) is 2.80. The Morgan fingerprint density at radius 3 is 2.94 bits per heavy atom. The molecule has 0 aliphatic rings. The number of aryl methyl sites for hydroxylation is 1. The number of ether oxygens (including phenoxy) is 1. The molecule has 1 N–H and O–H groups in total. The first kappa shape index (κ1) is 13.9. The highest BCUT2D eigenvalue weighted by atomic mass is 16.5. The molecule has 96 valence electrons. The molecule has 0 unspecified atom stereocenters. The van der Waals surface area contributed by atoms with Gasteiger partial charge in [0.1, 0.15) is 0 Å². The van der Waals surface area contributed by atoms with E-state index < -0.39 is 0 Å². The van der Waals surface area contributed by atoms with Gasteiger partial charge in [-0.15, -0.1) is 0 Å². The lowest BCUT2D eigenvalue weighted by molar-refractivity contribution is 0.200. The molecule has 1 heterocycles. The monoisotopic (exact) mass is 237 g/mol. The molecule has 0 atom stereocenters. The van der Waals surface area contributed by atoms with Crippen molar-refractivity contribution in [2.45, 2.75) is 26.8 Å². The Kier molecular flexibility index (Phi) is 6.58. The van der Waals surface area contributed by atoms with Crippen molar-refractivity contribution in [3.8, 4) is 0 Å². The largest absolute Gasteiger partial charge is 0.383 e. The fourth-order valence-electron chi connectivity index (χ4n) is 1.56. The van der Waals surface area contributed by atoms with Gasteiger partial charge in [-0.3, -0.25) is 4.68 Å². The van der Waals surface area contributed by atoms with Gasteiger partial charge in [0.2, 0.25) is 0 Å². The van der Waals surface area contributed by atoms with E-state index in [2.05, 4.69) is 36.5 Å². The highest BCUT2D eigenvalue weighted by Crippen LogP contribution is 2.08. The van der Waals surface area contributed by atoms with Crippen LogP contribution < -0.4 is 5.32 Å². The van der Waals surface area contributed by atoms with E-state index in [0.29, 0.717) is 0 Å². The molecule has 1 aromatic rings. The van der Waals surface area contributed by atoms with Crippen LogP contribution in [0.2, 0.25) is 0 Å². The lowest BCUT2D eigenvalue weighted by atomic mass is 10.1. The molecule has 0 fully saturated rings. The van der Waals surface area contributed by atoms with Crippen molar-refractivity contribution in [1.82, 2.24) is 15.1 Å². The van der Waals surface area contributed by atoms with Gasteiger partial charge in [-0.2, -0.15) is 5.10 Å². The predicted molar refractivity (Wildman–Crippen MR) is 70.9 cm³/mol. The Balaban J connectivity index is 2.47. The molecular weight excluding hydrogens is 214 g/mol. The fraction of sp³-hybridized carbons (Fsp3) is 0.615. The Labute approximate surface area is 104 Å². The Bertz CT molecular complexity index is 344. The molecule has 0 saturated carbocycles. The van der Waals surface area contributed by atoms with Crippen LogP contribution in [-0.2, 0) is 11.3 Å². The highest BCUT2D eigenvalue weighted by molar-refractivity contribution is 5.51. The average molecular weight is 237 g/mol. The van der Waals surface area contributed by atoms with Crippen molar-refractivity contribution >= 4 is 6.08 Å². The molecule has 0 aromatic carbocycles. The molecule has 0 amide bonds. The van der Waals surface area contributed by atoms with Crippen LogP contribution >= 0.6 is 0 Å². The number of hydrogen-bond donors (Lipinski definition) is 1. The number of methoxy groups -OCH3 is 1. The maximum absolute atomic E-state index is 5.00. The second kappa shape index (κ2) is 8.03. The van der Waals surface area contributed by atoms with E-state index in [1.807, 2.05) is 10.9 Å². The summed E-state index contributed by atoms with van der Waals surface area (Å²) in [6.07, 6.45) is 7.25. The van der Waals surface area contributed by atoms with Gasteiger partial charge in [0.15, 0.2) is 0 Å². The SMILES string of the molecule is CCC(=Cc1cnn(CC)c1)CNCCOC. The number of hydrogen-bond acceptors (Lipinski definition) is 3. The zero-order valence-corrected chi connectivity index (χ0v) is 11.1. The second-order valence-electron chi connectivity index (χ2n) is 3.96. The lowest BCUT2D eigenvalue weighted by Crippen LogP contribution is -2.21. The standard InChI is InChI=1S/C13H23N3O/c1-4-12(9-14-6-7-17-3)8-13-10-15-16(5-2)11-13/h8,10-11,14H,4-7,9H2,1-3H3. The molecule has 0 saturated heterocycles. The lowest BCUT2D eigenvalue weighted by Gasteiger charge is -2.06. The first-order chi connectivity index (χ1) is 8.30. The fourth-order valence-corrected chi connectivity index (χ4v) is 1.56. The van der Waals surface area contributed by atoms with Crippen LogP contribution in [0.15, 0.2) is 18.0 Å². The molecule has 4 nitrogen and oxygen atoms in total. The van der Waals surface area contributed by atoms with E-state index in [4.69, 9.17) is 4.74 Å². The number of nitrogens with one attached hydrogen (secondary N) is 1. The molecule has 0 aliphatic carbocycles. The zero-order valence-electron chi connectivity index (χ0n) is 11.1. The summed E-state index contributed by atoms with van der Waals surface area (Å²) in [5.41, 5.74) is 2.56. The van der Waals surface area contributed by atoms with Gasteiger partial charge >= 0.3 is 0 Å². The van der Waals surface area contributed by atoms with E-state index >= 15 is 0 Å². The Morgan fingerprint density at radius 1 is 1.53 bits per heavy atom. The summed E-state index contributed by atoms with van der Waals surface area (Å²) in [4.78, 5) is 0. The van der Waals surface area contributed by atoms with E-state index in [9.17, 15) is 0 Å². The molecule has 0 bridgehead atoms. The van der Waals surface area contributed by atoms with Gasteiger partial charge in [-0.25, -0.2) is 0 Å². The van der Waals surface area contributed by atoms with Crippen LogP contribution in [0.5, 0.6) is 0 Å². The third kappa shape index (κ3) is 5.15. The van der Waals surface area contributed by atoms with E-state index in [0.717, 1.165) is 32.7 Å². The van der Waals surface area contributed by atoms with Crippen LogP contribution in [0.25, 0.3) is 6.08 Å². The van der Waals surface area contributed by atoms with Crippen LogP contribution in [-0.4, -0.2) is 36.6 Å². The van der Waals surface area contributed by atoms with Gasteiger partial charge in [0.25, 0.3) is 0 Å². The quantitative estimate of drug-likeness (QED) is 0.702. The molecule has 17 heavy (non-hydrogen) atoms. The van der Waals surface area contributed by atoms with Gasteiger partial charge < -0.3 is 10.1 Å². The van der Waals surface area contributed by atoms with Crippen molar-refractivity contribution in [3.63, 3.8) is 0 Å². The smallest absolute Gasteiger partial charge is 0.0587 e. The summed E-state index contributed by atoms with van der Waals surface area (Å²) in [5.74, 6) is 0. The van der Waals surface area contributed by atoms with Crippen LogP contribution in [0.1, 0.15) is 25.8 Å². The third-order valence-electron chi connectivity index (χ3n) is 2.64. The van der Waals surface area contributed by atoms with E-state index in [1.165, 1.54) is 11.1 Å². The van der Waals surface area contributed by atoms with Crippen LogP contribution in [0.4, 0.5) is 0 Å². The van der Waals surface area contributed by atoms with Gasteiger partial charge in [0.05, 0.1) is 12.8 Å². The molecule has 0 spiro atoms. The summed E-state index contributed by atoms with van der Waals surface area (Å²) in [6.45, 7) is 7.74. The molecule has 0 aliphatic heterocycles. The zero-order chi connectivity index (χ0) is 12.5. The first-order valence-corrected chi connectivity index (χ1v) is 6.21.